The zero-order chi connectivity index (χ0) is 14.5. The fraction of sp³-hybridized carbons (Fsp3) is 1.00. The molecule has 0 aliphatic carbocycles. The predicted octanol–water partition coefficient (Wildman–Crippen LogP) is 3.29. The fourth-order valence-electron chi connectivity index (χ4n) is 2.75. The number of nitrogens with one attached hydrogen (secondary N) is 1. The van der Waals surface area contributed by atoms with E-state index in [-0.39, 0.29) is 0 Å². The average molecular weight is 272 g/mol. The van der Waals surface area contributed by atoms with Crippen LogP contribution in [-0.2, 0) is 4.74 Å². The third kappa shape index (κ3) is 7.91. The van der Waals surface area contributed by atoms with Crippen LogP contribution >= 0.6 is 0 Å². The molecule has 0 amide bonds. The van der Waals surface area contributed by atoms with Crippen molar-refractivity contribution in [3.05, 3.63) is 0 Å². The summed E-state index contributed by atoms with van der Waals surface area (Å²) in [6.45, 7) is 16.1. The summed E-state index contributed by atoms with van der Waals surface area (Å²) < 4.78 is 5.52. The van der Waals surface area contributed by atoms with Crippen molar-refractivity contribution in [2.24, 2.45) is 0 Å². The molecule has 0 saturated heterocycles. The molecule has 0 radical (unpaired) electrons. The van der Waals surface area contributed by atoms with Crippen LogP contribution in [0.2, 0.25) is 0 Å². The van der Waals surface area contributed by atoms with Gasteiger partial charge in [-0.15, -0.1) is 0 Å². The van der Waals surface area contributed by atoms with Crippen molar-refractivity contribution in [1.82, 2.24) is 10.2 Å². The lowest BCUT2D eigenvalue weighted by molar-refractivity contribution is 0.0820. The van der Waals surface area contributed by atoms with E-state index in [0.717, 1.165) is 32.8 Å². The highest BCUT2D eigenvalue weighted by Gasteiger charge is 2.23. The third-order valence-electron chi connectivity index (χ3n) is 3.74. The molecule has 19 heavy (non-hydrogen) atoms. The van der Waals surface area contributed by atoms with Crippen molar-refractivity contribution in [3.8, 4) is 0 Å². The maximum absolute atomic E-state index is 5.52. The van der Waals surface area contributed by atoms with E-state index >= 15 is 0 Å². The Labute approximate surface area is 121 Å². The second-order valence-corrected chi connectivity index (χ2v) is 5.15. The largest absolute Gasteiger partial charge is 0.380 e. The summed E-state index contributed by atoms with van der Waals surface area (Å²) in [6, 6.07) is 1.26. The molecule has 0 rings (SSSR count). The van der Waals surface area contributed by atoms with Crippen molar-refractivity contribution < 1.29 is 4.74 Å². The van der Waals surface area contributed by atoms with Crippen LogP contribution in [0, 0.1) is 0 Å². The molecule has 0 aromatic heterocycles. The van der Waals surface area contributed by atoms with E-state index in [1.165, 1.54) is 25.7 Å². The lowest BCUT2D eigenvalue weighted by Crippen LogP contribution is -2.51. The minimum Gasteiger partial charge on any atom is -0.380 e. The van der Waals surface area contributed by atoms with Crippen LogP contribution in [-0.4, -0.2) is 49.8 Å². The number of likely N-dealkylation sites (N-methyl/N-ethyl adjacent to an activating group) is 1. The summed E-state index contributed by atoms with van der Waals surface area (Å²) in [5.41, 5.74) is 0. The number of rotatable bonds is 13. The summed E-state index contributed by atoms with van der Waals surface area (Å²) in [5, 5.41) is 3.74. The molecular weight excluding hydrogens is 236 g/mol. The lowest BCUT2D eigenvalue weighted by Gasteiger charge is -2.36. The highest BCUT2D eigenvalue weighted by atomic mass is 16.5. The van der Waals surface area contributed by atoms with Gasteiger partial charge in [-0.25, -0.2) is 0 Å². The van der Waals surface area contributed by atoms with Gasteiger partial charge in [-0.1, -0.05) is 34.1 Å². The quantitative estimate of drug-likeness (QED) is 0.521. The molecular formula is C16H36N2O. The first kappa shape index (κ1) is 18.9. The molecule has 2 atom stereocenters. The summed E-state index contributed by atoms with van der Waals surface area (Å²) in [7, 11) is 0. The van der Waals surface area contributed by atoms with Gasteiger partial charge in [-0.05, 0) is 39.3 Å². The van der Waals surface area contributed by atoms with E-state index in [1.807, 2.05) is 0 Å². The van der Waals surface area contributed by atoms with Gasteiger partial charge in [0.2, 0.25) is 0 Å². The van der Waals surface area contributed by atoms with Crippen LogP contribution in [0.15, 0.2) is 0 Å². The molecule has 0 saturated carbocycles. The monoisotopic (exact) mass is 272 g/mol. The Morgan fingerprint density at radius 3 is 2.26 bits per heavy atom. The zero-order valence-electron chi connectivity index (χ0n) is 13.9. The zero-order valence-corrected chi connectivity index (χ0v) is 13.9. The smallest absolute Gasteiger partial charge is 0.0593 e. The Balaban J connectivity index is 4.47. The average Bonchev–Trinajstić information content (AvgIpc) is 2.43. The van der Waals surface area contributed by atoms with Gasteiger partial charge in [0, 0.05) is 25.2 Å². The topological polar surface area (TPSA) is 24.5 Å². The Morgan fingerprint density at radius 1 is 1.05 bits per heavy atom. The minimum atomic E-state index is 0.622. The molecule has 2 unspecified atom stereocenters. The molecule has 0 spiro atoms. The Bertz CT molecular complexity index is 188. The van der Waals surface area contributed by atoms with Crippen molar-refractivity contribution >= 4 is 0 Å². The van der Waals surface area contributed by atoms with Crippen molar-refractivity contribution in [2.75, 3.05) is 32.8 Å². The lowest BCUT2D eigenvalue weighted by atomic mass is 9.99. The van der Waals surface area contributed by atoms with Gasteiger partial charge < -0.3 is 10.1 Å². The summed E-state index contributed by atoms with van der Waals surface area (Å²) in [5.74, 6) is 0. The summed E-state index contributed by atoms with van der Waals surface area (Å²) >= 11 is 0. The molecule has 1 N–H and O–H groups in total. The first-order valence-corrected chi connectivity index (χ1v) is 8.30. The van der Waals surface area contributed by atoms with Gasteiger partial charge in [0.05, 0.1) is 6.61 Å². The number of nitrogens with zero attached hydrogens (tertiary/aromatic N) is 1. The highest BCUT2D eigenvalue weighted by Crippen LogP contribution is 2.13. The van der Waals surface area contributed by atoms with E-state index in [1.54, 1.807) is 0 Å². The number of hydrogen-bond acceptors (Lipinski definition) is 3. The van der Waals surface area contributed by atoms with Gasteiger partial charge in [0.25, 0.3) is 0 Å². The Kier molecular flexibility index (Phi) is 12.8. The molecule has 0 aromatic carbocycles. The summed E-state index contributed by atoms with van der Waals surface area (Å²) in [4.78, 5) is 2.58. The molecule has 0 aromatic rings. The van der Waals surface area contributed by atoms with Crippen LogP contribution in [0.1, 0.15) is 60.3 Å². The predicted molar refractivity (Wildman–Crippen MR) is 84.8 cm³/mol. The van der Waals surface area contributed by atoms with Gasteiger partial charge in [-0.3, -0.25) is 4.90 Å². The van der Waals surface area contributed by atoms with Crippen molar-refractivity contribution in [1.29, 1.82) is 0 Å². The minimum absolute atomic E-state index is 0.622. The molecule has 0 heterocycles. The number of hydrogen-bond donors (Lipinski definition) is 1. The fourth-order valence-corrected chi connectivity index (χ4v) is 2.75. The maximum atomic E-state index is 5.52. The molecule has 116 valence electrons. The first-order valence-electron chi connectivity index (χ1n) is 8.30. The van der Waals surface area contributed by atoms with Gasteiger partial charge in [-0.2, -0.15) is 0 Å². The van der Waals surface area contributed by atoms with Gasteiger partial charge >= 0.3 is 0 Å². The second-order valence-electron chi connectivity index (χ2n) is 5.15. The van der Waals surface area contributed by atoms with E-state index < -0.39 is 0 Å². The molecule has 0 bridgehead atoms. The Hall–Kier alpha value is -0.120. The van der Waals surface area contributed by atoms with Crippen LogP contribution < -0.4 is 5.32 Å². The molecule has 3 nitrogen and oxygen atoms in total. The van der Waals surface area contributed by atoms with Crippen LogP contribution in [0.5, 0.6) is 0 Å². The van der Waals surface area contributed by atoms with Gasteiger partial charge in [0.15, 0.2) is 0 Å². The Morgan fingerprint density at radius 2 is 1.79 bits per heavy atom. The van der Waals surface area contributed by atoms with Crippen LogP contribution in [0.25, 0.3) is 0 Å². The SMILES string of the molecule is CCCNC(CCC)C(CC)N(CC)CCOCC. The van der Waals surface area contributed by atoms with E-state index in [2.05, 4.69) is 44.8 Å². The standard InChI is InChI=1S/C16H36N2O/c1-6-11-15(17-12-7-2)16(8-3)18(9-4)13-14-19-10-5/h15-17H,6-14H2,1-5H3. The van der Waals surface area contributed by atoms with Gasteiger partial charge in [0.1, 0.15) is 0 Å². The molecule has 3 heteroatoms. The van der Waals surface area contributed by atoms with E-state index in [9.17, 15) is 0 Å². The van der Waals surface area contributed by atoms with Crippen molar-refractivity contribution in [3.63, 3.8) is 0 Å². The maximum Gasteiger partial charge on any atom is 0.0593 e. The molecule has 0 aliphatic heterocycles. The second kappa shape index (κ2) is 12.9. The third-order valence-corrected chi connectivity index (χ3v) is 3.74. The highest BCUT2D eigenvalue weighted by molar-refractivity contribution is 4.83. The molecule has 0 fully saturated rings. The van der Waals surface area contributed by atoms with Crippen LogP contribution in [0.4, 0.5) is 0 Å². The van der Waals surface area contributed by atoms with E-state index in [4.69, 9.17) is 4.74 Å². The molecule has 0 aliphatic rings. The normalized spacial score (nSPS) is 14.8. The van der Waals surface area contributed by atoms with E-state index in [0.29, 0.717) is 12.1 Å². The number of ether oxygens (including phenoxy) is 1. The summed E-state index contributed by atoms with van der Waals surface area (Å²) in [6.07, 6.45) is 4.94. The van der Waals surface area contributed by atoms with Crippen LogP contribution in [0.3, 0.4) is 0 Å². The first-order chi connectivity index (χ1) is 9.24. The van der Waals surface area contributed by atoms with Crippen molar-refractivity contribution in [2.45, 2.75) is 72.4 Å².